The predicted octanol–water partition coefficient (Wildman–Crippen LogP) is 3.22. The van der Waals surface area contributed by atoms with E-state index in [0.29, 0.717) is 23.3 Å². The zero-order valence-electron chi connectivity index (χ0n) is 17.4. The Bertz CT molecular complexity index is 1250. The van der Waals surface area contributed by atoms with E-state index >= 15 is 0 Å². The molecule has 11 heteroatoms. The summed E-state index contributed by atoms with van der Waals surface area (Å²) in [7, 11) is -4.13. The molecule has 7 nitrogen and oxygen atoms in total. The van der Waals surface area contributed by atoms with Crippen LogP contribution in [0.3, 0.4) is 0 Å². The van der Waals surface area contributed by atoms with E-state index in [1.54, 1.807) is 12.1 Å². The highest BCUT2D eigenvalue weighted by Gasteiger charge is 2.32. The van der Waals surface area contributed by atoms with Crippen molar-refractivity contribution in [2.24, 2.45) is 0 Å². The van der Waals surface area contributed by atoms with Crippen LogP contribution in [0.2, 0.25) is 0 Å². The molecule has 0 atom stereocenters. The summed E-state index contributed by atoms with van der Waals surface area (Å²) < 4.78 is 72.1. The van der Waals surface area contributed by atoms with Crippen LogP contribution in [0.4, 0.5) is 13.2 Å². The van der Waals surface area contributed by atoms with Gasteiger partial charge in [0.05, 0.1) is 6.20 Å². The molecule has 174 valence electrons. The van der Waals surface area contributed by atoms with E-state index in [9.17, 15) is 26.4 Å². The summed E-state index contributed by atoms with van der Waals surface area (Å²) in [4.78, 5) is 17.6. The van der Waals surface area contributed by atoms with Gasteiger partial charge in [0.2, 0.25) is 15.9 Å². The first-order valence-corrected chi connectivity index (χ1v) is 11.6. The molecular weight excluding hydrogens is 459 g/mol. The Balaban J connectivity index is 1.31. The van der Waals surface area contributed by atoms with Crippen molar-refractivity contribution in [3.63, 3.8) is 0 Å². The van der Waals surface area contributed by atoms with Crippen LogP contribution < -0.4 is 0 Å². The standard InChI is InChI=1S/C22H20F3N3O4S/c23-16-3-1-15(2-4-16)19-14-26-21(32-19)7-8-22(29)27-9-11-28(12-10-27)33(30,31)20-6-5-17(24)13-18(20)25/h1-6,13-14H,7-12H2. The predicted molar refractivity (Wildman–Crippen MR) is 112 cm³/mol. The lowest BCUT2D eigenvalue weighted by Gasteiger charge is -2.34. The minimum atomic E-state index is -4.13. The monoisotopic (exact) mass is 479 g/mol. The van der Waals surface area contributed by atoms with Crippen LogP contribution in [0, 0.1) is 17.5 Å². The second kappa shape index (κ2) is 9.36. The van der Waals surface area contributed by atoms with Crippen LogP contribution in [0.1, 0.15) is 12.3 Å². The minimum Gasteiger partial charge on any atom is -0.441 e. The number of halogens is 3. The number of carbonyl (C=O) groups excluding carboxylic acids is 1. The molecule has 0 radical (unpaired) electrons. The van der Waals surface area contributed by atoms with Gasteiger partial charge >= 0.3 is 0 Å². The summed E-state index contributed by atoms with van der Waals surface area (Å²) in [5.74, 6) is -1.75. The van der Waals surface area contributed by atoms with Crippen molar-refractivity contribution in [3.05, 3.63) is 72.0 Å². The van der Waals surface area contributed by atoms with Crippen molar-refractivity contribution >= 4 is 15.9 Å². The second-order valence-corrected chi connectivity index (χ2v) is 9.39. The summed E-state index contributed by atoms with van der Waals surface area (Å²) in [5.41, 5.74) is 0.663. The number of aryl methyl sites for hydroxylation is 1. The molecule has 2 heterocycles. The first kappa shape index (κ1) is 23.0. The van der Waals surface area contributed by atoms with Gasteiger partial charge in [-0.15, -0.1) is 0 Å². The van der Waals surface area contributed by atoms with Crippen molar-refractivity contribution in [3.8, 4) is 11.3 Å². The van der Waals surface area contributed by atoms with Gasteiger partial charge < -0.3 is 9.32 Å². The minimum absolute atomic E-state index is 0.00138. The zero-order chi connectivity index (χ0) is 23.6. The van der Waals surface area contributed by atoms with Crippen LogP contribution in [-0.4, -0.2) is 54.7 Å². The molecule has 2 aromatic carbocycles. The Morgan fingerprint density at radius 3 is 2.30 bits per heavy atom. The van der Waals surface area contributed by atoms with Gasteiger partial charge in [0.15, 0.2) is 11.7 Å². The van der Waals surface area contributed by atoms with Crippen LogP contribution in [0.5, 0.6) is 0 Å². The third-order valence-corrected chi connectivity index (χ3v) is 7.27. The summed E-state index contributed by atoms with van der Waals surface area (Å²) in [6, 6.07) is 8.06. The fraction of sp³-hybridized carbons (Fsp3) is 0.273. The number of rotatable bonds is 6. The van der Waals surface area contributed by atoms with Gasteiger partial charge in [-0.3, -0.25) is 4.79 Å². The summed E-state index contributed by atoms with van der Waals surface area (Å²) in [5, 5.41) is 0. The lowest BCUT2D eigenvalue weighted by molar-refractivity contribution is -0.132. The van der Waals surface area contributed by atoms with Crippen molar-refractivity contribution in [2.45, 2.75) is 17.7 Å². The Morgan fingerprint density at radius 1 is 0.970 bits per heavy atom. The van der Waals surface area contributed by atoms with Gasteiger partial charge in [0.1, 0.15) is 22.3 Å². The number of hydrogen-bond donors (Lipinski definition) is 0. The molecule has 1 aromatic heterocycles. The van der Waals surface area contributed by atoms with Gasteiger partial charge in [-0.25, -0.2) is 26.6 Å². The average molecular weight is 479 g/mol. The van der Waals surface area contributed by atoms with E-state index in [-0.39, 0.29) is 50.7 Å². The maximum Gasteiger partial charge on any atom is 0.246 e. The lowest BCUT2D eigenvalue weighted by Crippen LogP contribution is -2.50. The van der Waals surface area contributed by atoms with E-state index in [4.69, 9.17) is 4.42 Å². The summed E-state index contributed by atoms with van der Waals surface area (Å²) in [6.45, 7) is 0.289. The van der Waals surface area contributed by atoms with Crippen LogP contribution in [0.25, 0.3) is 11.3 Å². The zero-order valence-corrected chi connectivity index (χ0v) is 18.2. The first-order chi connectivity index (χ1) is 15.7. The molecule has 0 unspecified atom stereocenters. The smallest absolute Gasteiger partial charge is 0.246 e. The van der Waals surface area contributed by atoms with Gasteiger partial charge in [0, 0.05) is 50.7 Å². The maximum atomic E-state index is 14.0. The molecule has 0 aliphatic carbocycles. The Kier molecular flexibility index (Phi) is 6.52. The molecule has 1 fully saturated rings. The number of amides is 1. The van der Waals surface area contributed by atoms with Crippen molar-refractivity contribution in [2.75, 3.05) is 26.2 Å². The van der Waals surface area contributed by atoms with E-state index < -0.39 is 26.6 Å². The molecular formula is C22H20F3N3O4S. The molecule has 0 saturated carbocycles. The van der Waals surface area contributed by atoms with E-state index in [0.717, 1.165) is 16.4 Å². The Morgan fingerprint density at radius 2 is 1.64 bits per heavy atom. The number of benzene rings is 2. The first-order valence-electron chi connectivity index (χ1n) is 10.2. The van der Waals surface area contributed by atoms with Crippen LogP contribution in [0.15, 0.2) is 58.0 Å². The number of hydrogen-bond acceptors (Lipinski definition) is 5. The third-order valence-electron chi connectivity index (χ3n) is 5.34. The molecule has 0 N–H and O–H groups in total. The molecule has 1 amide bonds. The fourth-order valence-corrected chi connectivity index (χ4v) is 5.01. The van der Waals surface area contributed by atoms with Crippen LogP contribution >= 0.6 is 0 Å². The molecule has 1 saturated heterocycles. The van der Waals surface area contributed by atoms with Crippen molar-refractivity contribution in [1.82, 2.24) is 14.2 Å². The number of sulfonamides is 1. The highest BCUT2D eigenvalue weighted by Crippen LogP contribution is 2.23. The van der Waals surface area contributed by atoms with Gasteiger partial charge in [-0.2, -0.15) is 4.31 Å². The number of piperazine rings is 1. The Hall–Kier alpha value is -3.18. The molecule has 33 heavy (non-hydrogen) atoms. The second-order valence-electron chi connectivity index (χ2n) is 7.48. The summed E-state index contributed by atoms with van der Waals surface area (Å²) >= 11 is 0. The van der Waals surface area contributed by atoms with Crippen LogP contribution in [-0.2, 0) is 21.2 Å². The maximum absolute atomic E-state index is 14.0. The van der Waals surface area contributed by atoms with Crippen molar-refractivity contribution in [1.29, 1.82) is 0 Å². The number of oxazole rings is 1. The van der Waals surface area contributed by atoms with E-state index in [1.165, 1.54) is 23.2 Å². The SMILES string of the molecule is O=C(CCc1ncc(-c2ccc(F)cc2)o1)N1CCN(S(=O)(=O)c2ccc(F)cc2F)CC1. The number of carbonyl (C=O) groups is 1. The van der Waals surface area contributed by atoms with E-state index in [2.05, 4.69) is 4.98 Å². The highest BCUT2D eigenvalue weighted by atomic mass is 32.2. The molecule has 4 rings (SSSR count). The quantitative estimate of drug-likeness (QED) is 0.542. The third kappa shape index (κ3) is 5.09. The molecule has 1 aliphatic heterocycles. The van der Waals surface area contributed by atoms with Gasteiger partial charge in [-0.05, 0) is 36.4 Å². The van der Waals surface area contributed by atoms with Crippen molar-refractivity contribution < 1.29 is 30.8 Å². The van der Waals surface area contributed by atoms with Gasteiger partial charge in [0.25, 0.3) is 0 Å². The topological polar surface area (TPSA) is 83.7 Å². The Labute approximate surface area is 188 Å². The molecule has 1 aliphatic rings. The summed E-state index contributed by atoms with van der Waals surface area (Å²) in [6.07, 6.45) is 1.87. The fourth-order valence-electron chi connectivity index (χ4n) is 3.55. The van der Waals surface area contributed by atoms with Gasteiger partial charge in [-0.1, -0.05) is 0 Å². The molecule has 0 bridgehead atoms. The number of nitrogens with zero attached hydrogens (tertiary/aromatic N) is 3. The average Bonchev–Trinajstić information content (AvgIpc) is 3.27. The lowest BCUT2D eigenvalue weighted by atomic mass is 10.2. The molecule has 0 spiro atoms. The van der Waals surface area contributed by atoms with E-state index in [1.807, 2.05) is 0 Å². The number of aromatic nitrogens is 1. The molecule has 3 aromatic rings. The normalized spacial score (nSPS) is 15.1. The largest absolute Gasteiger partial charge is 0.441 e. The highest BCUT2D eigenvalue weighted by molar-refractivity contribution is 7.89.